The van der Waals surface area contributed by atoms with Crippen molar-refractivity contribution in [3.63, 3.8) is 0 Å². The molecule has 0 aliphatic carbocycles. The van der Waals surface area contributed by atoms with Gasteiger partial charge in [-0.25, -0.2) is 4.39 Å². The van der Waals surface area contributed by atoms with E-state index in [2.05, 4.69) is 19.2 Å². The normalized spacial score (nSPS) is 14.6. The van der Waals surface area contributed by atoms with Crippen molar-refractivity contribution in [2.75, 3.05) is 11.5 Å². The van der Waals surface area contributed by atoms with Gasteiger partial charge in [-0.1, -0.05) is 6.92 Å². The number of benzene rings is 1. The summed E-state index contributed by atoms with van der Waals surface area (Å²) in [6.07, 6.45) is 0. The van der Waals surface area contributed by atoms with Crippen molar-refractivity contribution in [2.45, 2.75) is 32.9 Å². The van der Waals surface area contributed by atoms with E-state index in [9.17, 15) is 9.50 Å². The minimum atomic E-state index is -0.318. The van der Waals surface area contributed by atoms with Crippen LogP contribution in [-0.4, -0.2) is 22.7 Å². The molecule has 0 amide bonds. The first-order valence-electron chi connectivity index (χ1n) is 5.86. The van der Waals surface area contributed by atoms with E-state index in [1.54, 1.807) is 0 Å². The minimum Gasteiger partial charge on any atom is -0.508 e. The van der Waals surface area contributed by atoms with E-state index in [0.717, 1.165) is 11.5 Å². The van der Waals surface area contributed by atoms with E-state index in [-0.39, 0.29) is 17.6 Å². The Morgan fingerprint density at radius 1 is 1.41 bits per heavy atom. The van der Waals surface area contributed by atoms with Gasteiger partial charge in [0.25, 0.3) is 0 Å². The lowest BCUT2D eigenvalue weighted by Crippen LogP contribution is -2.31. The van der Waals surface area contributed by atoms with E-state index in [0.29, 0.717) is 11.6 Å². The minimum absolute atomic E-state index is 0.0573. The fourth-order valence-electron chi connectivity index (χ4n) is 1.73. The monoisotopic (exact) mass is 257 g/mol. The molecule has 0 heterocycles. The molecule has 0 aliphatic heterocycles. The molecule has 0 fully saturated rings. The summed E-state index contributed by atoms with van der Waals surface area (Å²) in [6, 6.07) is 4.32. The highest BCUT2D eigenvalue weighted by Crippen LogP contribution is 2.25. The van der Waals surface area contributed by atoms with E-state index >= 15 is 0 Å². The SMILES string of the molecule is CCSCC(C)NC(C)c1cc(F)ccc1O. The second-order valence-corrected chi connectivity index (χ2v) is 5.47. The summed E-state index contributed by atoms with van der Waals surface area (Å²) < 4.78 is 13.1. The Labute approximate surface area is 107 Å². The zero-order valence-electron chi connectivity index (χ0n) is 10.5. The Bertz CT molecular complexity index is 359. The topological polar surface area (TPSA) is 32.3 Å². The predicted octanol–water partition coefficient (Wildman–Crippen LogP) is 3.32. The summed E-state index contributed by atoms with van der Waals surface area (Å²) in [5.74, 6) is 1.92. The first kappa shape index (κ1) is 14.3. The highest BCUT2D eigenvalue weighted by Gasteiger charge is 2.13. The van der Waals surface area contributed by atoms with Gasteiger partial charge in [-0.2, -0.15) is 11.8 Å². The van der Waals surface area contributed by atoms with Crippen LogP contribution in [0.25, 0.3) is 0 Å². The molecule has 0 saturated heterocycles. The molecule has 4 heteroatoms. The molecule has 0 radical (unpaired) electrons. The molecule has 0 aliphatic rings. The Morgan fingerprint density at radius 3 is 2.76 bits per heavy atom. The smallest absolute Gasteiger partial charge is 0.123 e. The number of thioether (sulfide) groups is 1. The number of phenolic OH excluding ortho intramolecular Hbond substituents is 1. The molecule has 2 atom stereocenters. The van der Waals surface area contributed by atoms with Crippen LogP contribution in [-0.2, 0) is 0 Å². The van der Waals surface area contributed by atoms with Gasteiger partial charge in [0.2, 0.25) is 0 Å². The van der Waals surface area contributed by atoms with Crippen molar-refractivity contribution < 1.29 is 9.50 Å². The summed E-state index contributed by atoms with van der Waals surface area (Å²) in [7, 11) is 0. The number of rotatable bonds is 6. The van der Waals surface area contributed by atoms with Crippen LogP contribution in [0.1, 0.15) is 32.4 Å². The molecular formula is C13H20FNOS. The van der Waals surface area contributed by atoms with Crippen molar-refractivity contribution in [1.82, 2.24) is 5.32 Å². The molecule has 1 rings (SSSR count). The van der Waals surface area contributed by atoms with Crippen molar-refractivity contribution in [1.29, 1.82) is 0 Å². The Kier molecular flexibility index (Phi) is 5.78. The maximum absolute atomic E-state index is 13.1. The molecule has 96 valence electrons. The van der Waals surface area contributed by atoms with E-state index < -0.39 is 0 Å². The molecule has 1 aromatic rings. The zero-order valence-corrected chi connectivity index (χ0v) is 11.4. The summed E-state index contributed by atoms with van der Waals surface area (Å²) in [4.78, 5) is 0. The Hall–Kier alpha value is -0.740. The summed E-state index contributed by atoms with van der Waals surface area (Å²) >= 11 is 1.86. The molecule has 0 saturated carbocycles. The van der Waals surface area contributed by atoms with Gasteiger partial charge in [0.15, 0.2) is 0 Å². The van der Waals surface area contributed by atoms with Crippen LogP contribution in [0.4, 0.5) is 4.39 Å². The summed E-state index contributed by atoms with van der Waals surface area (Å²) in [5, 5.41) is 13.0. The second kappa shape index (κ2) is 6.87. The van der Waals surface area contributed by atoms with Gasteiger partial charge < -0.3 is 10.4 Å². The van der Waals surface area contributed by atoms with Gasteiger partial charge in [0.1, 0.15) is 11.6 Å². The largest absolute Gasteiger partial charge is 0.508 e. The third-order valence-electron chi connectivity index (χ3n) is 2.56. The van der Waals surface area contributed by atoms with Crippen molar-refractivity contribution in [3.8, 4) is 5.75 Å². The maximum atomic E-state index is 13.1. The third kappa shape index (κ3) is 4.56. The van der Waals surface area contributed by atoms with Gasteiger partial charge in [0, 0.05) is 23.4 Å². The number of halogens is 1. The quantitative estimate of drug-likeness (QED) is 0.820. The average molecular weight is 257 g/mol. The molecule has 2 unspecified atom stereocenters. The highest BCUT2D eigenvalue weighted by molar-refractivity contribution is 7.99. The zero-order chi connectivity index (χ0) is 12.8. The standard InChI is InChI=1S/C13H20FNOS/c1-4-17-8-9(2)15-10(3)12-7-11(14)5-6-13(12)16/h5-7,9-10,15-16H,4,8H2,1-3H3. The average Bonchev–Trinajstić information content (AvgIpc) is 2.29. The number of phenols is 1. The maximum Gasteiger partial charge on any atom is 0.123 e. The van der Waals surface area contributed by atoms with E-state index in [1.807, 2.05) is 18.7 Å². The first-order valence-corrected chi connectivity index (χ1v) is 7.02. The molecule has 1 aromatic carbocycles. The number of hydrogen-bond acceptors (Lipinski definition) is 3. The molecule has 17 heavy (non-hydrogen) atoms. The second-order valence-electron chi connectivity index (χ2n) is 4.15. The van der Waals surface area contributed by atoms with Crippen LogP contribution < -0.4 is 5.32 Å². The molecule has 0 aromatic heterocycles. The van der Waals surface area contributed by atoms with Gasteiger partial charge in [-0.05, 0) is 37.8 Å². The molecule has 0 bridgehead atoms. The van der Waals surface area contributed by atoms with Crippen LogP contribution in [0.15, 0.2) is 18.2 Å². The van der Waals surface area contributed by atoms with E-state index in [4.69, 9.17) is 0 Å². The van der Waals surface area contributed by atoms with Crippen LogP contribution in [0.3, 0.4) is 0 Å². The lowest BCUT2D eigenvalue weighted by molar-refractivity contribution is 0.440. The summed E-state index contributed by atoms with van der Waals surface area (Å²) in [6.45, 7) is 6.15. The fourth-order valence-corrected chi connectivity index (χ4v) is 2.42. The molecular weight excluding hydrogens is 237 g/mol. The predicted molar refractivity (Wildman–Crippen MR) is 72.1 cm³/mol. The van der Waals surface area contributed by atoms with Crippen LogP contribution in [0, 0.1) is 5.82 Å². The molecule has 0 spiro atoms. The number of nitrogens with one attached hydrogen (secondary N) is 1. The lowest BCUT2D eigenvalue weighted by Gasteiger charge is -2.20. The molecule has 2 nitrogen and oxygen atoms in total. The van der Waals surface area contributed by atoms with E-state index in [1.165, 1.54) is 18.2 Å². The van der Waals surface area contributed by atoms with Gasteiger partial charge in [-0.15, -0.1) is 0 Å². The van der Waals surface area contributed by atoms with Crippen LogP contribution in [0.5, 0.6) is 5.75 Å². The lowest BCUT2D eigenvalue weighted by atomic mass is 10.1. The Balaban J connectivity index is 2.62. The summed E-state index contributed by atoms with van der Waals surface area (Å²) in [5.41, 5.74) is 0.610. The number of aromatic hydroxyl groups is 1. The van der Waals surface area contributed by atoms with Crippen LogP contribution in [0.2, 0.25) is 0 Å². The van der Waals surface area contributed by atoms with Gasteiger partial charge in [0.05, 0.1) is 0 Å². The Morgan fingerprint density at radius 2 is 2.12 bits per heavy atom. The first-order chi connectivity index (χ1) is 8.04. The van der Waals surface area contributed by atoms with Crippen molar-refractivity contribution in [3.05, 3.63) is 29.6 Å². The van der Waals surface area contributed by atoms with Crippen molar-refractivity contribution >= 4 is 11.8 Å². The van der Waals surface area contributed by atoms with Crippen LogP contribution >= 0.6 is 11.8 Å². The van der Waals surface area contributed by atoms with Gasteiger partial charge in [-0.3, -0.25) is 0 Å². The molecule has 2 N–H and O–H groups in total. The highest BCUT2D eigenvalue weighted by atomic mass is 32.2. The van der Waals surface area contributed by atoms with Gasteiger partial charge >= 0.3 is 0 Å². The fraction of sp³-hybridized carbons (Fsp3) is 0.538. The third-order valence-corrected chi connectivity index (χ3v) is 3.71. The number of hydrogen-bond donors (Lipinski definition) is 2. The van der Waals surface area contributed by atoms with Crippen molar-refractivity contribution in [2.24, 2.45) is 0 Å².